The molecule has 0 radical (unpaired) electrons. The van der Waals surface area contributed by atoms with Crippen LogP contribution in [0.25, 0.3) is 0 Å². The van der Waals surface area contributed by atoms with Gasteiger partial charge in [-0.25, -0.2) is 0 Å². The first-order valence-electron chi connectivity index (χ1n) is 7.04. The number of imide groups is 1. The van der Waals surface area contributed by atoms with Gasteiger partial charge in [0.25, 0.3) is 11.8 Å². The van der Waals surface area contributed by atoms with Crippen molar-refractivity contribution in [3.63, 3.8) is 0 Å². The van der Waals surface area contributed by atoms with E-state index in [4.69, 9.17) is 7.48 Å². The first-order chi connectivity index (χ1) is 10.5. The summed E-state index contributed by atoms with van der Waals surface area (Å²) in [5.74, 6) is -1.00. The number of fused-ring (bicyclic) bond motifs is 1. The lowest BCUT2D eigenvalue weighted by Gasteiger charge is -2.11. The van der Waals surface area contributed by atoms with Gasteiger partial charge >= 0.3 is 0 Å². The highest BCUT2D eigenvalue weighted by Crippen LogP contribution is 2.26. The van der Waals surface area contributed by atoms with Crippen LogP contribution in [0.4, 0.5) is 0 Å². The first-order valence-corrected chi connectivity index (χ1v) is 6.82. The van der Waals surface area contributed by atoms with Gasteiger partial charge in [0, 0.05) is 10.9 Å². The summed E-state index contributed by atoms with van der Waals surface area (Å²) in [4.78, 5) is 25.5. The van der Waals surface area contributed by atoms with Gasteiger partial charge in [-0.2, -0.15) is 4.37 Å². The smallest absolute Gasteiger partial charge is 0.261 e. The normalized spacial score (nSPS) is 15.9. The van der Waals surface area contributed by atoms with Gasteiger partial charge < -0.3 is 4.74 Å². The third-order valence-electron chi connectivity index (χ3n) is 2.80. The van der Waals surface area contributed by atoms with E-state index >= 15 is 0 Å². The Kier molecular flexibility index (Phi) is 2.67. The summed E-state index contributed by atoms with van der Waals surface area (Å²) in [6.45, 7) is -0.0861. The molecule has 0 bridgehead atoms. The Morgan fingerprint density at radius 2 is 1.95 bits per heavy atom. The highest BCUT2D eigenvalue weighted by molar-refractivity contribution is 7.05. The van der Waals surface area contributed by atoms with Crippen LogP contribution in [0.5, 0.6) is 5.88 Å². The molecule has 5 nitrogen and oxygen atoms in total. The van der Waals surface area contributed by atoms with Crippen molar-refractivity contribution in [2.45, 2.75) is 13.4 Å². The third kappa shape index (κ3) is 2.08. The summed E-state index contributed by atoms with van der Waals surface area (Å²) in [5.41, 5.74) is 0.428. The topological polar surface area (TPSA) is 59.5 Å². The van der Waals surface area contributed by atoms with E-state index < -0.39 is 18.3 Å². The lowest BCUT2D eigenvalue weighted by molar-refractivity contribution is 0.0644. The summed E-state index contributed by atoms with van der Waals surface area (Å²) in [6.07, 6.45) is 0. The summed E-state index contributed by atoms with van der Waals surface area (Å²) >= 11 is 0.870. The van der Waals surface area contributed by atoms with Gasteiger partial charge in [-0.1, -0.05) is 12.1 Å². The molecule has 0 aliphatic carbocycles. The number of benzene rings is 1. The van der Waals surface area contributed by atoms with Crippen LogP contribution in [0.15, 0.2) is 30.3 Å². The molecule has 2 amide bonds. The van der Waals surface area contributed by atoms with E-state index in [0.717, 1.165) is 11.5 Å². The van der Waals surface area contributed by atoms with Crippen LogP contribution < -0.4 is 4.74 Å². The van der Waals surface area contributed by atoms with E-state index in [1.54, 1.807) is 19.1 Å². The summed E-state index contributed by atoms with van der Waals surface area (Å²) in [7, 11) is 0. The molecule has 20 heavy (non-hydrogen) atoms. The van der Waals surface area contributed by atoms with Gasteiger partial charge in [-0.05, 0) is 30.6 Å². The molecular formula is C14H12N2O3S. The zero-order valence-corrected chi connectivity index (χ0v) is 11.4. The number of rotatable bonds is 4. The molecule has 1 aromatic carbocycles. The predicted molar refractivity (Wildman–Crippen MR) is 73.9 cm³/mol. The second kappa shape index (κ2) is 5.05. The molecule has 1 aliphatic rings. The molecule has 0 N–H and O–H groups in total. The molecule has 6 heteroatoms. The molecule has 1 aromatic heterocycles. The Bertz CT molecular complexity index is 725. The quantitative estimate of drug-likeness (QED) is 0.811. The Morgan fingerprint density at radius 3 is 2.55 bits per heavy atom. The molecule has 0 saturated carbocycles. The minimum absolute atomic E-state index is 0.144. The fraction of sp³-hybridized carbons (Fsp3) is 0.214. The summed E-state index contributed by atoms with van der Waals surface area (Å²) < 4.78 is 25.6. The van der Waals surface area contributed by atoms with Crippen LogP contribution in [0.3, 0.4) is 0 Å². The minimum atomic E-state index is -2.28. The largest absolute Gasteiger partial charge is 0.477 e. The standard InChI is InChI=1S/C14H12N2O3S/c1-2-19-12-7-9(20-15-12)8-16-13(17)10-5-3-4-6-11(10)14(16)18/h3-7H,2,8H2,1H3/i8D2. The average molecular weight is 290 g/mol. The SMILES string of the molecule is [2H]C([2H])(c1cc(OCC)ns1)N1C(=O)c2ccccc2C1=O. The number of hydrogen-bond acceptors (Lipinski definition) is 5. The maximum Gasteiger partial charge on any atom is 0.261 e. The maximum absolute atomic E-state index is 12.4. The monoisotopic (exact) mass is 290 g/mol. The van der Waals surface area contributed by atoms with Crippen molar-refractivity contribution < 1.29 is 17.1 Å². The molecular weight excluding hydrogens is 276 g/mol. The van der Waals surface area contributed by atoms with Crippen molar-refractivity contribution in [2.75, 3.05) is 6.61 Å². The molecule has 2 aromatic rings. The van der Waals surface area contributed by atoms with E-state index in [-0.39, 0.29) is 21.9 Å². The van der Waals surface area contributed by atoms with Crippen LogP contribution in [0, 0.1) is 0 Å². The molecule has 0 spiro atoms. The van der Waals surface area contributed by atoms with Crippen LogP contribution >= 0.6 is 11.5 Å². The molecule has 3 rings (SSSR count). The number of ether oxygens (including phenoxy) is 1. The Morgan fingerprint density at radius 1 is 1.30 bits per heavy atom. The van der Waals surface area contributed by atoms with Crippen molar-refractivity contribution >= 4 is 23.3 Å². The maximum atomic E-state index is 12.4. The highest BCUT2D eigenvalue weighted by atomic mass is 32.1. The van der Waals surface area contributed by atoms with E-state index in [1.165, 1.54) is 18.2 Å². The number of carbonyl (C=O) groups is 2. The van der Waals surface area contributed by atoms with Crippen molar-refractivity contribution in [1.29, 1.82) is 0 Å². The molecule has 0 saturated heterocycles. The van der Waals surface area contributed by atoms with Crippen molar-refractivity contribution in [2.24, 2.45) is 0 Å². The number of aromatic nitrogens is 1. The van der Waals surface area contributed by atoms with Crippen LogP contribution in [-0.2, 0) is 6.50 Å². The van der Waals surface area contributed by atoms with E-state index in [0.29, 0.717) is 11.5 Å². The zero-order chi connectivity index (χ0) is 15.9. The Labute approximate surface area is 122 Å². The van der Waals surface area contributed by atoms with Crippen LogP contribution in [0.2, 0.25) is 0 Å². The highest BCUT2D eigenvalue weighted by Gasteiger charge is 2.35. The van der Waals surface area contributed by atoms with Gasteiger partial charge in [0.2, 0.25) is 5.88 Å². The average Bonchev–Trinajstić information content (AvgIpc) is 3.05. The summed E-state index contributed by atoms with van der Waals surface area (Å²) in [6, 6.07) is 7.73. The van der Waals surface area contributed by atoms with Crippen molar-refractivity contribution in [3.8, 4) is 5.88 Å². The molecule has 102 valence electrons. The molecule has 2 heterocycles. The van der Waals surface area contributed by atoms with Gasteiger partial charge in [0.1, 0.15) is 0 Å². The van der Waals surface area contributed by atoms with Crippen molar-refractivity contribution in [3.05, 3.63) is 46.3 Å². The lowest BCUT2D eigenvalue weighted by Crippen LogP contribution is -2.28. The van der Waals surface area contributed by atoms with E-state index in [1.807, 2.05) is 0 Å². The zero-order valence-electron chi connectivity index (χ0n) is 12.6. The van der Waals surface area contributed by atoms with E-state index in [9.17, 15) is 9.59 Å². The van der Waals surface area contributed by atoms with Gasteiger partial charge in [0.15, 0.2) is 0 Å². The number of nitrogens with zero attached hydrogens (tertiary/aromatic N) is 2. The number of hydrogen-bond donors (Lipinski definition) is 0. The fourth-order valence-electron chi connectivity index (χ4n) is 1.93. The van der Waals surface area contributed by atoms with Crippen LogP contribution in [-0.4, -0.2) is 27.7 Å². The minimum Gasteiger partial charge on any atom is -0.477 e. The third-order valence-corrected chi connectivity index (χ3v) is 3.47. The fourth-order valence-corrected chi connectivity index (χ4v) is 2.51. The first kappa shape index (κ1) is 10.6. The Balaban J connectivity index is 1.99. The van der Waals surface area contributed by atoms with Gasteiger partial charge in [-0.15, -0.1) is 0 Å². The molecule has 0 fully saturated rings. The van der Waals surface area contributed by atoms with Crippen LogP contribution in [0.1, 0.15) is 35.3 Å². The number of amides is 2. The van der Waals surface area contributed by atoms with E-state index in [2.05, 4.69) is 4.37 Å². The predicted octanol–water partition coefficient (Wildman–Crippen LogP) is 2.34. The van der Waals surface area contributed by atoms with Gasteiger partial charge in [0.05, 0.1) is 27.0 Å². The van der Waals surface area contributed by atoms with Gasteiger partial charge in [-0.3, -0.25) is 14.5 Å². The van der Waals surface area contributed by atoms with Crippen molar-refractivity contribution in [1.82, 2.24) is 9.27 Å². The lowest BCUT2D eigenvalue weighted by atomic mass is 10.1. The molecule has 0 unspecified atom stereocenters. The molecule has 0 atom stereocenters. The Hall–Kier alpha value is -2.21. The summed E-state index contributed by atoms with van der Waals surface area (Å²) in [5, 5.41) is 0. The molecule has 1 aliphatic heterocycles. The second-order valence-corrected chi connectivity index (χ2v) is 4.87. The number of carbonyl (C=O) groups excluding carboxylic acids is 2. The second-order valence-electron chi connectivity index (χ2n) is 4.07.